The first-order valence-electron chi connectivity index (χ1n) is 25.6. The van der Waals surface area contributed by atoms with Crippen LogP contribution in [0.25, 0.3) is 11.3 Å². The van der Waals surface area contributed by atoms with Crippen molar-refractivity contribution in [2.75, 3.05) is 66.1 Å². The van der Waals surface area contributed by atoms with Gasteiger partial charge in [-0.15, -0.1) is 0 Å². The summed E-state index contributed by atoms with van der Waals surface area (Å²) >= 11 is 30.8. The van der Waals surface area contributed by atoms with E-state index >= 15 is 0 Å². The molecular formula is C50H55Cl5F6N12O6S2. The number of benzene rings is 2. The van der Waals surface area contributed by atoms with Gasteiger partial charge in [-0.05, 0) is 107 Å². The molecule has 2 aromatic carbocycles. The number of hydrogen-bond donors (Lipinski definition) is 3. The van der Waals surface area contributed by atoms with Crippen LogP contribution in [0.1, 0.15) is 108 Å². The number of alkyl halides is 6. The number of halogens is 11. The zero-order valence-corrected chi connectivity index (χ0v) is 48.8. The van der Waals surface area contributed by atoms with Crippen molar-refractivity contribution in [3.05, 3.63) is 109 Å². The van der Waals surface area contributed by atoms with Crippen LogP contribution in [0.5, 0.6) is 0 Å². The molecule has 8 heterocycles. The summed E-state index contributed by atoms with van der Waals surface area (Å²) in [6, 6.07) is 14.4. The van der Waals surface area contributed by atoms with E-state index in [4.69, 9.17) is 63.1 Å². The van der Waals surface area contributed by atoms with E-state index in [-0.39, 0.29) is 75.7 Å². The Morgan fingerprint density at radius 1 is 0.593 bits per heavy atom. The zero-order valence-electron chi connectivity index (χ0n) is 43.3. The normalized spacial score (nSPS) is 20.3. The maximum absolute atomic E-state index is 13.8. The van der Waals surface area contributed by atoms with E-state index in [1.165, 1.54) is 57.6 Å². The van der Waals surface area contributed by atoms with Crippen molar-refractivity contribution in [2.45, 2.75) is 88.6 Å². The lowest BCUT2D eigenvalue weighted by Crippen LogP contribution is -2.42. The fourth-order valence-corrected chi connectivity index (χ4v) is 12.4. The second kappa shape index (κ2) is 25.4. The van der Waals surface area contributed by atoms with Gasteiger partial charge >= 0.3 is 12.4 Å². The Morgan fingerprint density at radius 3 is 1.54 bits per heavy atom. The highest BCUT2D eigenvalue weighted by molar-refractivity contribution is 7.92. The van der Waals surface area contributed by atoms with Gasteiger partial charge in [0, 0.05) is 67.0 Å². The predicted octanol–water partition coefficient (Wildman–Crippen LogP) is 11.5. The maximum Gasteiger partial charge on any atom is 0.393 e. The van der Waals surface area contributed by atoms with Crippen molar-refractivity contribution < 1.29 is 52.8 Å². The number of nitrogens with zero attached hydrogens (tertiary/aromatic N) is 9. The number of aromatic nitrogens is 6. The first-order chi connectivity index (χ1) is 38.0. The molecular weight excluding hydrogens is 1220 g/mol. The second-order valence-electron chi connectivity index (χ2n) is 20.1. The smallest absolute Gasteiger partial charge is 0.356 e. The van der Waals surface area contributed by atoms with Crippen molar-refractivity contribution in [3.8, 4) is 0 Å². The number of amides is 2. The van der Waals surface area contributed by atoms with E-state index in [1.807, 2.05) is 0 Å². The van der Waals surface area contributed by atoms with E-state index in [0.29, 0.717) is 84.0 Å². The van der Waals surface area contributed by atoms with Crippen molar-refractivity contribution in [1.82, 2.24) is 44.3 Å². The number of carbonyl (C=O) groups is 2. The molecule has 2 unspecified atom stereocenters. The molecule has 18 nitrogen and oxygen atoms in total. The lowest BCUT2D eigenvalue weighted by Gasteiger charge is -2.35. The van der Waals surface area contributed by atoms with Crippen LogP contribution in [0.2, 0.25) is 25.5 Å². The van der Waals surface area contributed by atoms with E-state index in [0.717, 1.165) is 44.7 Å². The fraction of sp³-hybridized carbons (Fsp3) is 0.480. The molecule has 10 rings (SSSR count). The highest BCUT2D eigenvalue weighted by Crippen LogP contribution is 2.39. The summed E-state index contributed by atoms with van der Waals surface area (Å²) in [5.41, 5.74) is 2.52. The third-order valence-corrected chi connectivity index (χ3v) is 16.3. The Labute approximate surface area is 487 Å². The maximum atomic E-state index is 13.8. The summed E-state index contributed by atoms with van der Waals surface area (Å²) < 4.78 is 131. The summed E-state index contributed by atoms with van der Waals surface area (Å²) in [7, 11) is -7.25. The summed E-state index contributed by atoms with van der Waals surface area (Å²) in [6.45, 7) is 1.91. The van der Waals surface area contributed by atoms with Crippen LogP contribution in [0.4, 0.5) is 43.5 Å². The minimum absolute atomic E-state index is 0.0607. The molecule has 4 aliphatic rings. The summed E-state index contributed by atoms with van der Waals surface area (Å²) in [5.74, 6) is -2.94. The highest BCUT2D eigenvalue weighted by atomic mass is 35.5. The van der Waals surface area contributed by atoms with Crippen molar-refractivity contribution in [3.63, 3.8) is 0 Å². The molecule has 6 aromatic rings. The molecule has 4 atom stereocenters. The monoisotopic (exact) mass is 1270 g/mol. The lowest BCUT2D eigenvalue weighted by atomic mass is 9.97. The third kappa shape index (κ3) is 15.8. The van der Waals surface area contributed by atoms with Gasteiger partial charge in [0.25, 0.3) is 11.8 Å². The van der Waals surface area contributed by atoms with Crippen molar-refractivity contribution in [2.24, 2.45) is 11.8 Å². The minimum atomic E-state index is -4.31. The number of piperidine rings is 4. The number of sulfonamides is 2. The molecule has 0 bridgehead atoms. The molecule has 81 heavy (non-hydrogen) atoms. The van der Waals surface area contributed by atoms with Crippen molar-refractivity contribution in [1.29, 1.82) is 0 Å². The Balaban J connectivity index is 0.000000185. The number of likely N-dealkylation sites (tertiary alicyclic amines) is 2. The van der Waals surface area contributed by atoms with Gasteiger partial charge in [0.05, 0.1) is 70.3 Å². The summed E-state index contributed by atoms with van der Waals surface area (Å²) in [5, 5.41) is 13.2. The van der Waals surface area contributed by atoms with Crippen molar-refractivity contribution >= 4 is 118 Å². The van der Waals surface area contributed by atoms with Gasteiger partial charge in [-0.25, -0.2) is 31.3 Å². The zero-order chi connectivity index (χ0) is 58.8. The molecule has 440 valence electrons. The Hall–Kier alpha value is -5.09. The van der Waals surface area contributed by atoms with Crippen LogP contribution in [0.15, 0.2) is 60.7 Å². The molecule has 0 radical (unpaired) electrons. The van der Waals surface area contributed by atoms with Crippen LogP contribution >= 0.6 is 58.0 Å². The number of rotatable bonds is 9. The van der Waals surface area contributed by atoms with Gasteiger partial charge in [0.1, 0.15) is 21.3 Å². The van der Waals surface area contributed by atoms with Gasteiger partial charge in [0.2, 0.25) is 20.0 Å². The number of carbonyl (C=O) groups excluding carboxylic acids is 2. The number of fused-ring (bicyclic) bond motifs is 2. The SMILES string of the molecule is CS(=O)(=O)Nc1ccc(Cl)cc1C(=O)N1CCCC[C@H]1c1cc2nc(Cl)cc(Cl)n2n1.CS(=O)(=O)Nc1ccc(Cl)cc1C(=O)N1CCCC[C@H]1c1cc2nc(Cl)cc(N3CCCC(C(F)(F)F)C3)n2n1.FC(F)(F)C1CCCNC1. The molecule has 0 aliphatic carbocycles. The predicted molar refractivity (Wildman–Crippen MR) is 299 cm³/mol. The first-order valence-corrected chi connectivity index (χ1v) is 31.2. The third-order valence-electron chi connectivity index (χ3n) is 14.0. The minimum Gasteiger partial charge on any atom is -0.356 e. The fourth-order valence-electron chi connectivity index (χ4n) is 10.2. The molecule has 4 aliphatic heterocycles. The van der Waals surface area contributed by atoms with Gasteiger partial charge in [-0.3, -0.25) is 19.0 Å². The van der Waals surface area contributed by atoms with Crippen LogP contribution in [-0.2, 0) is 20.0 Å². The van der Waals surface area contributed by atoms with Crippen LogP contribution in [0.3, 0.4) is 0 Å². The molecule has 4 fully saturated rings. The van der Waals surface area contributed by atoms with Gasteiger partial charge in [0.15, 0.2) is 11.3 Å². The molecule has 31 heteroatoms. The van der Waals surface area contributed by atoms with Gasteiger partial charge in [-0.1, -0.05) is 58.0 Å². The average Bonchev–Trinajstić information content (AvgIpc) is 4.12. The summed E-state index contributed by atoms with van der Waals surface area (Å²) in [6.07, 6.45) is -0.386. The lowest BCUT2D eigenvalue weighted by molar-refractivity contribution is -0.178. The van der Waals surface area contributed by atoms with Crippen LogP contribution in [0, 0.1) is 11.8 Å². The average molecular weight is 1280 g/mol. The molecule has 0 saturated carbocycles. The van der Waals surface area contributed by atoms with Crippen LogP contribution < -0.4 is 19.7 Å². The number of nitrogens with one attached hydrogen (secondary N) is 3. The summed E-state index contributed by atoms with van der Waals surface area (Å²) in [4.78, 5) is 40.8. The highest BCUT2D eigenvalue weighted by Gasteiger charge is 2.43. The van der Waals surface area contributed by atoms with E-state index in [9.17, 15) is 52.8 Å². The molecule has 0 spiro atoms. The molecule has 3 N–H and O–H groups in total. The standard InChI is InChI=1S/C25H27Cl2F3N6O3S.C19H18Cl3N5O3S.C6H10F3N/c1-40(38,39)33-18-8-7-16(26)11-17(18)24(37)35-10-3-2-6-20(35)19-12-22-31-21(27)13-23(36(22)32-19)34-9-4-5-15(14-34)25(28,29)30;1-31(29,30)25-13-6-5-11(20)8-12(13)19(28)26-7-3-2-4-15(26)14-9-18-23-16(21)10-17(22)27(18)24-14;7-6(8,9)5-2-1-3-10-4-5/h7-8,11-13,15,20,33H,2-6,9-10,14H2,1H3;5-6,8-10,15,25H,2-4,7H2,1H3;5,10H,1-4H2/t15?,20-;15-;/m00./s1. The Morgan fingerprint density at radius 2 is 1.07 bits per heavy atom. The molecule has 4 saturated heterocycles. The molecule has 2 amide bonds. The van der Waals surface area contributed by atoms with E-state index in [1.54, 1.807) is 26.8 Å². The van der Waals surface area contributed by atoms with Crippen LogP contribution in [-0.4, -0.2) is 132 Å². The van der Waals surface area contributed by atoms with E-state index < -0.39 is 56.2 Å². The molecule has 4 aromatic heterocycles. The number of hydrogen-bond acceptors (Lipinski definition) is 12. The Kier molecular flexibility index (Phi) is 19.4. The van der Waals surface area contributed by atoms with Gasteiger partial charge < -0.3 is 20.0 Å². The first kappa shape index (κ1) is 62.0. The quantitative estimate of drug-likeness (QED) is 0.0912. The topological polar surface area (TPSA) is 209 Å². The van der Waals surface area contributed by atoms with Gasteiger partial charge in [-0.2, -0.15) is 41.1 Å². The Bertz CT molecular complexity index is 3520. The second-order valence-corrected chi connectivity index (χ2v) is 25.6. The number of anilines is 3. The van der Waals surface area contributed by atoms with E-state index in [2.05, 4.69) is 29.8 Å². The largest absolute Gasteiger partial charge is 0.393 e.